The molecular weight excluding hydrogens is 383 g/mol. The third-order valence-corrected chi connectivity index (χ3v) is 5.09. The Hall–Kier alpha value is -2.70. The lowest BCUT2D eigenvalue weighted by Gasteiger charge is -2.27. The van der Waals surface area contributed by atoms with Gasteiger partial charge in [-0.2, -0.15) is 0 Å². The highest BCUT2D eigenvalue weighted by molar-refractivity contribution is 6.01. The van der Waals surface area contributed by atoms with Crippen LogP contribution in [0.2, 0.25) is 0 Å². The van der Waals surface area contributed by atoms with E-state index in [0.717, 1.165) is 29.0 Å². The number of hydrogen-bond acceptors (Lipinski definition) is 5. The van der Waals surface area contributed by atoms with E-state index in [1.807, 2.05) is 30.3 Å². The van der Waals surface area contributed by atoms with Crippen molar-refractivity contribution in [3.05, 3.63) is 78.1 Å². The molecule has 0 radical (unpaired) electrons. The second-order valence-electron chi connectivity index (χ2n) is 7.54. The Kier molecular flexibility index (Phi) is 7.99. The number of rotatable bonds is 11. The number of aliphatic hydroxyl groups excluding tert-OH is 1. The summed E-state index contributed by atoms with van der Waals surface area (Å²) >= 11 is 0. The zero-order chi connectivity index (χ0) is 21.3. The van der Waals surface area contributed by atoms with Gasteiger partial charge in [-0.1, -0.05) is 35.5 Å². The van der Waals surface area contributed by atoms with Gasteiger partial charge in [0.15, 0.2) is 0 Å². The van der Waals surface area contributed by atoms with Crippen LogP contribution in [0.1, 0.15) is 30.4 Å². The molecule has 2 aromatic rings. The molecule has 0 amide bonds. The van der Waals surface area contributed by atoms with E-state index in [9.17, 15) is 9.50 Å². The highest BCUT2D eigenvalue weighted by Crippen LogP contribution is 2.20. The van der Waals surface area contributed by atoms with Crippen molar-refractivity contribution in [1.29, 1.82) is 0 Å². The van der Waals surface area contributed by atoms with Crippen LogP contribution >= 0.6 is 0 Å². The Balaban J connectivity index is 1.64. The molecule has 1 N–H and O–H groups in total. The normalized spacial score (nSPS) is 16.8. The van der Waals surface area contributed by atoms with E-state index in [0.29, 0.717) is 32.5 Å². The van der Waals surface area contributed by atoms with Crippen molar-refractivity contribution in [3.8, 4) is 5.75 Å². The van der Waals surface area contributed by atoms with E-state index in [2.05, 4.69) is 16.6 Å². The van der Waals surface area contributed by atoms with Gasteiger partial charge in [0.1, 0.15) is 17.7 Å². The molecule has 2 atom stereocenters. The molecule has 2 aromatic carbocycles. The van der Waals surface area contributed by atoms with Crippen LogP contribution < -0.4 is 4.74 Å². The number of allylic oxidation sites excluding steroid dienone is 1. The Morgan fingerprint density at radius 3 is 2.87 bits per heavy atom. The molecule has 0 unspecified atom stereocenters. The van der Waals surface area contributed by atoms with Crippen molar-refractivity contribution in [2.75, 3.05) is 20.2 Å². The molecule has 0 bridgehead atoms. The Labute approximate surface area is 177 Å². The first-order chi connectivity index (χ1) is 14.6. The molecule has 0 aliphatic carbocycles. The summed E-state index contributed by atoms with van der Waals surface area (Å²) in [5, 5.41) is 14.6. The van der Waals surface area contributed by atoms with Gasteiger partial charge in [-0.05, 0) is 48.2 Å². The summed E-state index contributed by atoms with van der Waals surface area (Å²) in [6.07, 6.45) is 3.32. The molecule has 1 heterocycles. The molecule has 0 saturated carbocycles. The summed E-state index contributed by atoms with van der Waals surface area (Å²) in [5.41, 5.74) is 2.78. The Morgan fingerprint density at radius 1 is 1.33 bits per heavy atom. The smallest absolute Gasteiger partial charge is 0.145 e. The molecule has 30 heavy (non-hydrogen) atoms. The molecule has 0 aromatic heterocycles. The standard InChI is InChI=1S/C24H29FN2O3/c1-3-4-7-21(28)16-27(15-18-6-5-8-22(13-18)29-2)17-23-14-24(26-30-23)19-9-11-20(25)12-10-19/h3,5-6,8-13,21,23,28H,1,4,7,14-17H2,2H3/t21-,23-/m0/s1. The van der Waals surface area contributed by atoms with Gasteiger partial charge < -0.3 is 14.7 Å². The summed E-state index contributed by atoms with van der Waals surface area (Å²) in [7, 11) is 1.65. The second kappa shape index (κ2) is 10.9. The largest absolute Gasteiger partial charge is 0.497 e. The van der Waals surface area contributed by atoms with Crippen LogP contribution in [0.4, 0.5) is 4.39 Å². The summed E-state index contributed by atoms with van der Waals surface area (Å²) in [4.78, 5) is 7.83. The predicted octanol–water partition coefficient (Wildman–Crippen LogP) is 4.16. The van der Waals surface area contributed by atoms with Crippen LogP contribution in [-0.2, 0) is 11.4 Å². The molecule has 6 heteroatoms. The van der Waals surface area contributed by atoms with E-state index >= 15 is 0 Å². The average Bonchev–Trinajstić information content (AvgIpc) is 3.21. The molecule has 5 nitrogen and oxygen atoms in total. The van der Waals surface area contributed by atoms with E-state index < -0.39 is 6.10 Å². The minimum Gasteiger partial charge on any atom is -0.497 e. The van der Waals surface area contributed by atoms with Crippen molar-refractivity contribution >= 4 is 5.71 Å². The first-order valence-corrected chi connectivity index (χ1v) is 10.2. The SMILES string of the molecule is C=CCC[C@H](O)CN(Cc1cccc(OC)c1)C[C@@H]1CC(c2ccc(F)cc2)=NO1. The van der Waals surface area contributed by atoms with Gasteiger partial charge in [0, 0.05) is 26.1 Å². The summed E-state index contributed by atoms with van der Waals surface area (Å²) in [6, 6.07) is 14.2. The Bertz CT molecular complexity index is 854. The maximum atomic E-state index is 13.2. The second-order valence-corrected chi connectivity index (χ2v) is 7.54. The molecule has 0 spiro atoms. The number of aliphatic hydroxyl groups is 1. The quantitative estimate of drug-likeness (QED) is 0.563. The first kappa shape index (κ1) is 22.0. The average molecular weight is 413 g/mol. The molecule has 0 saturated heterocycles. The van der Waals surface area contributed by atoms with Gasteiger partial charge in [-0.3, -0.25) is 4.90 Å². The van der Waals surface area contributed by atoms with E-state index in [4.69, 9.17) is 9.57 Å². The lowest BCUT2D eigenvalue weighted by molar-refractivity contribution is 0.0308. The van der Waals surface area contributed by atoms with Gasteiger partial charge in [-0.25, -0.2) is 4.39 Å². The summed E-state index contributed by atoms with van der Waals surface area (Å²) < 4.78 is 18.5. The van der Waals surface area contributed by atoms with E-state index in [-0.39, 0.29) is 11.9 Å². The summed E-state index contributed by atoms with van der Waals surface area (Å²) in [6.45, 7) is 5.53. The van der Waals surface area contributed by atoms with Gasteiger partial charge in [0.05, 0.1) is 18.9 Å². The zero-order valence-corrected chi connectivity index (χ0v) is 17.3. The minimum atomic E-state index is -0.451. The van der Waals surface area contributed by atoms with Crippen LogP contribution in [-0.4, -0.2) is 48.1 Å². The predicted molar refractivity (Wildman–Crippen MR) is 116 cm³/mol. The number of hydrogen-bond donors (Lipinski definition) is 1. The number of ether oxygens (including phenoxy) is 1. The lowest BCUT2D eigenvalue weighted by atomic mass is 10.0. The van der Waals surface area contributed by atoms with Crippen LogP contribution in [0.5, 0.6) is 5.75 Å². The van der Waals surface area contributed by atoms with Crippen LogP contribution in [0, 0.1) is 5.82 Å². The van der Waals surface area contributed by atoms with Crippen molar-refractivity contribution in [1.82, 2.24) is 4.90 Å². The van der Waals surface area contributed by atoms with Gasteiger partial charge >= 0.3 is 0 Å². The molecule has 1 aliphatic rings. The topological polar surface area (TPSA) is 54.3 Å². The molecule has 3 rings (SSSR count). The van der Waals surface area contributed by atoms with Crippen LogP contribution in [0.25, 0.3) is 0 Å². The van der Waals surface area contributed by atoms with Gasteiger partial charge in [-0.15, -0.1) is 6.58 Å². The summed E-state index contributed by atoms with van der Waals surface area (Å²) in [5.74, 6) is 0.534. The van der Waals surface area contributed by atoms with Gasteiger partial charge in [0.2, 0.25) is 0 Å². The fourth-order valence-electron chi connectivity index (χ4n) is 3.56. The van der Waals surface area contributed by atoms with E-state index in [1.54, 1.807) is 19.2 Å². The fourth-order valence-corrected chi connectivity index (χ4v) is 3.56. The molecule has 160 valence electrons. The Morgan fingerprint density at radius 2 is 2.13 bits per heavy atom. The maximum absolute atomic E-state index is 13.2. The van der Waals surface area contributed by atoms with E-state index in [1.165, 1.54) is 12.1 Å². The number of oxime groups is 1. The lowest BCUT2D eigenvalue weighted by Crippen LogP contribution is -2.37. The zero-order valence-electron chi connectivity index (χ0n) is 17.3. The van der Waals surface area contributed by atoms with Crippen molar-refractivity contribution in [2.45, 2.75) is 38.0 Å². The third kappa shape index (κ3) is 6.40. The number of methoxy groups -OCH3 is 1. The van der Waals surface area contributed by atoms with Crippen LogP contribution in [0.3, 0.4) is 0 Å². The fraction of sp³-hybridized carbons (Fsp3) is 0.375. The number of halogens is 1. The van der Waals surface area contributed by atoms with Crippen molar-refractivity contribution < 1.29 is 19.1 Å². The molecular formula is C24H29FN2O3. The van der Waals surface area contributed by atoms with Crippen LogP contribution in [0.15, 0.2) is 66.3 Å². The van der Waals surface area contributed by atoms with Crippen molar-refractivity contribution in [3.63, 3.8) is 0 Å². The molecule has 1 aliphatic heterocycles. The molecule has 0 fully saturated rings. The maximum Gasteiger partial charge on any atom is 0.145 e. The van der Waals surface area contributed by atoms with Crippen molar-refractivity contribution in [2.24, 2.45) is 5.16 Å². The highest BCUT2D eigenvalue weighted by atomic mass is 19.1. The minimum absolute atomic E-state index is 0.123. The van der Waals surface area contributed by atoms with Gasteiger partial charge in [0.25, 0.3) is 0 Å². The highest BCUT2D eigenvalue weighted by Gasteiger charge is 2.25. The number of benzene rings is 2. The first-order valence-electron chi connectivity index (χ1n) is 10.2. The monoisotopic (exact) mass is 412 g/mol. The third-order valence-electron chi connectivity index (χ3n) is 5.09. The number of nitrogens with zero attached hydrogens (tertiary/aromatic N) is 2.